The van der Waals surface area contributed by atoms with Crippen LogP contribution in [0.3, 0.4) is 0 Å². The average molecular weight is 408 g/mol. The van der Waals surface area contributed by atoms with Crippen LogP contribution >= 0.6 is 0 Å². The predicted molar refractivity (Wildman–Crippen MR) is 96.2 cm³/mol. The fourth-order valence-corrected chi connectivity index (χ4v) is 2.59. The molecule has 0 radical (unpaired) electrons. The van der Waals surface area contributed by atoms with Crippen LogP contribution in [0.15, 0.2) is 58.6 Å². The number of hydrogen-bond acceptors (Lipinski definition) is 5. The molecule has 0 N–H and O–H groups in total. The van der Waals surface area contributed by atoms with Crippen LogP contribution < -0.4 is 5.01 Å². The molecule has 7 nitrogen and oxygen atoms in total. The highest BCUT2D eigenvalue weighted by molar-refractivity contribution is 6.25. The summed E-state index contributed by atoms with van der Waals surface area (Å²) in [6.07, 6.45) is -4.03. The summed E-state index contributed by atoms with van der Waals surface area (Å²) in [5.41, 5.74) is -1.12. The predicted octanol–water partition coefficient (Wildman–Crippen LogP) is 3.89. The Balaban J connectivity index is 1.84. The maximum absolute atomic E-state index is 13.3. The topological polar surface area (TPSA) is 88.2 Å². The zero-order valence-electron chi connectivity index (χ0n) is 14.5. The number of anilines is 1. The molecule has 1 unspecified atom stereocenters. The van der Waals surface area contributed by atoms with Gasteiger partial charge in [-0.2, -0.15) is 23.3 Å². The molecule has 1 aliphatic heterocycles. The van der Waals surface area contributed by atoms with Crippen molar-refractivity contribution in [3.8, 4) is 0 Å². The first kappa shape index (κ1) is 20.1. The van der Waals surface area contributed by atoms with Gasteiger partial charge in [-0.15, -0.1) is 0 Å². The number of nitrogens with zero attached hydrogens (tertiary/aromatic N) is 4. The summed E-state index contributed by atoms with van der Waals surface area (Å²) in [5.74, 6) is -3.21. The summed E-state index contributed by atoms with van der Waals surface area (Å²) in [7, 11) is 0. The van der Waals surface area contributed by atoms with E-state index in [1.807, 2.05) is 0 Å². The van der Waals surface area contributed by atoms with Crippen LogP contribution in [-0.2, 0) is 11.3 Å². The number of nitro groups is 1. The lowest BCUT2D eigenvalue weighted by Gasteiger charge is -2.12. The molecular formula is C18H12F4N4O3. The minimum atomic E-state index is -4.88. The van der Waals surface area contributed by atoms with E-state index in [2.05, 4.69) is 10.1 Å². The molecule has 0 saturated heterocycles. The van der Waals surface area contributed by atoms with Gasteiger partial charge in [-0.25, -0.2) is 4.39 Å². The van der Waals surface area contributed by atoms with E-state index in [-0.39, 0.29) is 17.9 Å². The normalized spacial score (nSPS) is 17.1. The Morgan fingerprint density at radius 1 is 1.14 bits per heavy atom. The summed E-state index contributed by atoms with van der Waals surface area (Å²) < 4.78 is 52.9. The molecule has 150 valence electrons. The van der Waals surface area contributed by atoms with Crippen LogP contribution in [0, 0.1) is 21.8 Å². The third kappa shape index (κ3) is 4.45. The van der Waals surface area contributed by atoms with Gasteiger partial charge in [0.25, 0.3) is 11.6 Å². The highest BCUT2D eigenvalue weighted by Crippen LogP contribution is 2.32. The number of non-ortho nitro benzene ring substituents is 1. The zero-order valence-corrected chi connectivity index (χ0v) is 14.5. The molecule has 1 atom stereocenters. The van der Waals surface area contributed by atoms with Crippen LogP contribution in [0.5, 0.6) is 0 Å². The second kappa shape index (κ2) is 7.78. The van der Waals surface area contributed by atoms with E-state index in [0.29, 0.717) is 10.6 Å². The summed E-state index contributed by atoms with van der Waals surface area (Å²) in [5, 5.41) is 14.6. The molecule has 0 spiro atoms. The second-order valence-corrected chi connectivity index (χ2v) is 6.00. The number of carbonyl (C=O) groups excluding carboxylic acids is 1. The Kier molecular flexibility index (Phi) is 5.39. The van der Waals surface area contributed by atoms with Crippen LogP contribution in [0.4, 0.5) is 28.9 Å². The molecule has 11 heteroatoms. The smallest absolute Gasteiger partial charge is 0.292 e. The Bertz CT molecular complexity index is 986. The number of rotatable bonds is 5. The van der Waals surface area contributed by atoms with Gasteiger partial charge in [-0.3, -0.25) is 19.9 Å². The number of alkyl halides is 3. The molecular weight excluding hydrogens is 396 g/mol. The third-order valence-electron chi connectivity index (χ3n) is 4.01. The molecule has 2 aromatic rings. The summed E-state index contributed by atoms with van der Waals surface area (Å²) in [6, 6.07) is 9.59. The maximum Gasteiger partial charge on any atom is 0.432 e. The van der Waals surface area contributed by atoms with Crippen molar-refractivity contribution in [1.29, 1.82) is 0 Å². The summed E-state index contributed by atoms with van der Waals surface area (Å²) in [4.78, 5) is 26.4. The fourth-order valence-electron chi connectivity index (χ4n) is 2.59. The lowest BCUT2D eigenvalue weighted by atomic mass is 10.0. The second-order valence-electron chi connectivity index (χ2n) is 6.00. The first-order valence-electron chi connectivity index (χ1n) is 8.15. The quantitative estimate of drug-likeness (QED) is 0.326. The van der Waals surface area contributed by atoms with E-state index in [9.17, 15) is 32.5 Å². The van der Waals surface area contributed by atoms with E-state index in [4.69, 9.17) is 0 Å². The van der Waals surface area contributed by atoms with Gasteiger partial charge < -0.3 is 0 Å². The van der Waals surface area contributed by atoms with Crippen LogP contribution in [0.25, 0.3) is 0 Å². The van der Waals surface area contributed by atoms with Crippen LogP contribution in [-0.4, -0.2) is 28.9 Å². The van der Waals surface area contributed by atoms with E-state index in [1.165, 1.54) is 24.3 Å². The highest BCUT2D eigenvalue weighted by atomic mass is 19.4. The zero-order chi connectivity index (χ0) is 21.2. The molecule has 3 rings (SSSR count). The first-order valence-corrected chi connectivity index (χ1v) is 8.15. The van der Waals surface area contributed by atoms with Crippen LogP contribution in [0.2, 0.25) is 0 Å². The van der Waals surface area contributed by atoms with Gasteiger partial charge in [0.1, 0.15) is 11.7 Å². The first-order chi connectivity index (χ1) is 13.7. The van der Waals surface area contributed by atoms with Gasteiger partial charge in [0.15, 0.2) is 5.71 Å². The number of benzene rings is 2. The van der Waals surface area contributed by atoms with Crippen molar-refractivity contribution in [1.82, 2.24) is 0 Å². The monoisotopic (exact) mass is 408 g/mol. The number of halogens is 4. The van der Waals surface area contributed by atoms with Gasteiger partial charge in [-0.1, -0.05) is 12.1 Å². The Hall–Kier alpha value is -3.63. The Labute approximate surface area is 161 Å². The highest BCUT2D eigenvalue weighted by Gasteiger charge is 2.49. The molecule has 0 bridgehead atoms. The number of carbonyl (C=O) groups is 1. The fraction of sp³-hybridized carbons (Fsp3) is 0.167. The number of hydrazone groups is 1. The third-order valence-corrected chi connectivity index (χ3v) is 4.01. The largest absolute Gasteiger partial charge is 0.432 e. The molecule has 1 heterocycles. The molecule has 0 fully saturated rings. The SMILES string of the molecule is O=C1C(C=NCc2ccc(F)cc2)C(C(F)(F)F)=NN1c1ccc([N+](=O)[O-])cc1. The van der Waals surface area contributed by atoms with Gasteiger partial charge in [-0.05, 0) is 29.8 Å². The molecule has 0 aromatic heterocycles. The number of hydrogen-bond donors (Lipinski definition) is 0. The number of amides is 1. The summed E-state index contributed by atoms with van der Waals surface area (Å²) in [6.45, 7) is -0.0489. The van der Waals surface area contributed by atoms with Crippen molar-refractivity contribution in [2.24, 2.45) is 16.0 Å². The number of nitro benzene ring substituents is 1. The lowest BCUT2D eigenvalue weighted by molar-refractivity contribution is -0.384. The molecule has 0 saturated carbocycles. The lowest BCUT2D eigenvalue weighted by Crippen LogP contribution is -2.34. The van der Waals surface area contributed by atoms with Crippen molar-refractivity contribution in [3.05, 3.63) is 70.0 Å². The van der Waals surface area contributed by atoms with Gasteiger partial charge in [0, 0.05) is 18.3 Å². The Morgan fingerprint density at radius 2 is 1.76 bits per heavy atom. The minimum absolute atomic E-state index is 0.0446. The van der Waals surface area contributed by atoms with E-state index < -0.39 is 34.5 Å². The molecule has 0 aliphatic carbocycles. The Morgan fingerprint density at radius 3 is 2.31 bits per heavy atom. The molecule has 1 amide bonds. The van der Waals surface area contributed by atoms with Crippen molar-refractivity contribution < 1.29 is 27.3 Å². The molecule has 29 heavy (non-hydrogen) atoms. The van der Waals surface area contributed by atoms with Crippen molar-refractivity contribution in [3.63, 3.8) is 0 Å². The minimum Gasteiger partial charge on any atom is -0.292 e. The van der Waals surface area contributed by atoms with Crippen molar-refractivity contribution in [2.75, 3.05) is 5.01 Å². The maximum atomic E-state index is 13.3. The van der Waals surface area contributed by atoms with E-state index in [0.717, 1.165) is 30.5 Å². The van der Waals surface area contributed by atoms with Gasteiger partial charge in [0.2, 0.25) is 0 Å². The summed E-state index contributed by atoms with van der Waals surface area (Å²) >= 11 is 0. The van der Waals surface area contributed by atoms with E-state index in [1.54, 1.807) is 0 Å². The standard InChI is InChI=1S/C18H12F4N4O3/c19-12-3-1-11(2-4-12)9-23-10-15-16(18(20,21)22)24-25(17(15)27)13-5-7-14(8-6-13)26(28)29/h1-8,10,15H,9H2. The number of aliphatic imine (C=N–C) groups is 1. The average Bonchev–Trinajstić information content (AvgIpc) is 3.00. The van der Waals surface area contributed by atoms with Crippen molar-refractivity contribution in [2.45, 2.75) is 12.7 Å². The van der Waals surface area contributed by atoms with Gasteiger partial charge in [0.05, 0.1) is 17.2 Å². The molecule has 2 aromatic carbocycles. The molecule has 1 aliphatic rings. The van der Waals surface area contributed by atoms with Crippen molar-refractivity contribution >= 4 is 29.2 Å². The van der Waals surface area contributed by atoms with Crippen LogP contribution in [0.1, 0.15) is 5.56 Å². The van der Waals surface area contributed by atoms with E-state index >= 15 is 0 Å². The van der Waals surface area contributed by atoms with Gasteiger partial charge >= 0.3 is 6.18 Å².